The molecule has 0 aliphatic heterocycles. The smallest absolute Gasteiger partial charge is 0.272 e. The SMILES string of the molecule is O=[N+]([O-])c1cc(F)cc(CNC(CO)CO)c1. The Morgan fingerprint density at radius 2 is 2.00 bits per heavy atom. The molecule has 1 aromatic rings. The highest BCUT2D eigenvalue weighted by atomic mass is 19.1. The molecule has 0 aromatic heterocycles. The second-order valence-electron chi connectivity index (χ2n) is 3.52. The van der Waals surface area contributed by atoms with Crippen LogP contribution in [0.25, 0.3) is 0 Å². The molecule has 0 bridgehead atoms. The number of benzene rings is 1. The molecule has 1 aromatic carbocycles. The summed E-state index contributed by atoms with van der Waals surface area (Å²) < 4.78 is 13.0. The Morgan fingerprint density at radius 3 is 2.53 bits per heavy atom. The summed E-state index contributed by atoms with van der Waals surface area (Å²) in [6.45, 7) is -0.411. The van der Waals surface area contributed by atoms with E-state index in [1.807, 2.05) is 0 Å². The monoisotopic (exact) mass is 244 g/mol. The van der Waals surface area contributed by atoms with Crippen LogP contribution in [0, 0.1) is 15.9 Å². The summed E-state index contributed by atoms with van der Waals surface area (Å²) in [4.78, 5) is 9.82. The summed E-state index contributed by atoms with van der Waals surface area (Å²) in [5.41, 5.74) is 0.0509. The van der Waals surface area contributed by atoms with Crippen LogP contribution in [0.5, 0.6) is 0 Å². The van der Waals surface area contributed by atoms with Crippen molar-refractivity contribution in [2.45, 2.75) is 12.6 Å². The number of rotatable bonds is 6. The largest absolute Gasteiger partial charge is 0.395 e. The predicted octanol–water partition coefficient (Wildman–Crippen LogP) is 0.177. The maximum Gasteiger partial charge on any atom is 0.272 e. The maximum atomic E-state index is 13.0. The Labute approximate surface area is 96.8 Å². The van der Waals surface area contributed by atoms with Crippen LogP contribution >= 0.6 is 0 Å². The van der Waals surface area contributed by atoms with Gasteiger partial charge in [0.05, 0.1) is 30.2 Å². The molecule has 0 aliphatic carbocycles. The van der Waals surface area contributed by atoms with E-state index in [9.17, 15) is 14.5 Å². The second kappa shape index (κ2) is 6.24. The van der Waals surface area contributed by atoms with E-state index in [0.29, 0.717) is 5.56 Å². The molecule has 0 aliphatic rings. The average molecular weight is 244 g/mol. The fourth-order valence-corrected chi connectivity index (χ4v) is 1.29. The van der Waals surface area contributed by atoms with Gasteiger partial charge in [-0.05, 0) is 11.6 Å². The third kappa shape index (κ3) is 4.06. The van der Waals surface area contributed by atoms with E-state index in [1.165, 1.54) is 6.07 Å². The van der Waals surface area contributed by atoms with Crippen molar-refractivity contribution in [2.75, 3.05) is 13.2 Å². The summed E-state index contributed by atoms with van der Waals surface area (Å²) in [6, 6.07) is 2.70. The lowest BCUT2D eigenvalue weighted by Crippen LogP contribution is -2.35. The van der Waals surface area contributed by atoms with Crippen molar-refractivity contribution in [3.05, 3.63) is 39.7 Å². The minimum atomic E-state index is -0.694. The first-order valence-corrected chi connectivity index (χ1v) is 4.95. The lowest BCUT2D eigenvalue weighted by molar-refractivity contribution is -0.385. The summed E-state index contributed by atoms with van der Waals surface area (Å²) >= 11 is 0. The molecule has 0 heterocycles. The van der Waals surface area contributed by atoms with E-state index in [4.69, 9.17) is 10.2 Å². The molecule has 3 N–H and O–H groups in total. The van der Waals surface area contributed by atoms with Gasteiger partial charge < -0.3 is 15.5 Å². The maximum absolute atomic E-state index is 13.0. The molecule has 0 amide bonds. The molecular formula is C10H13FN2O4. The standard InChI is InChI=1S/C10H13FN2O4/c11-8-1-7(2-10(3-8)13(16)17)4-12-9(5-14)6-15/h1-3,9,12,14-15H,4-6H2. The van der Waals surface area contributed by atoms with Crippen LogP contribution in [-0.2, 0) is 6.54 Å². The van der Waals surface area contributed by atoms with Crippen LogP contribution in [0.2, 0.25) is 0 Å². The van der Waals surface area contributed by atoms with E-state index in [0.717, 1.165) is 12.1 Å². The van der Waals surface area contributed by atoms with Crippen LogP contribution < -0.4 is 5.32 Å². The van der Waals surface area contributed by atoms with Gasteiger partial charge in [0.1, 0.15) is 5.82 Å². The third-order valence-electron chi connectivity index (χ3n) is 2.19. The Kier molecular flexibility index (Phi) is 4.95. The first kappa shape index (κ1) is 13.5. The van der Waals surface area contributed by atoms with Crippen molar-refractivity contribution in [2.24, 2.45) is 0 Å². The molecular weight excluding hydrogens is 231 g/mol. The van der Waals surface area contributed by atoms with Gasteiger partial charge in [0.25, 0.3) is 5.69 Å². The number of nitro benzene ring substituents is 1. The number of halogens is 1. The summed E-state index contributed by atoms with van der Waals surface area (Å²) in [6.07, 6.45) is 0. The van der Waals surface area contributed by atoms with Crippen molar-refractivity contribution < 1.29 is 19.5 Å². The lowest BCUT2D eigenvalue weighted by Gasteiger charge is -2.12. The van der Waals surface area contributed by atoms with Crippen LogP contribution in [0.4, 0.5) is 10.1 Å². The van der Waals surface area contributed by atoms with E-state index in [1.54, 1.807) is 0 Å². The van der Waals surface area contributed by atoms with E-state index in [2.05, 4.69) is 5.32 Å². The zero-order valence-corrected chi connectivity index (χ0v) is 8.97. The van der Waals surface area contributed by atoms with Crippen molar-refractivity contribution in [1.29, 1.82) is 0 Å². The van der Waals surface area contributed by atoms with Gasteiger partial charge >= 0.3 is 0 Å². The number of aliphatic hydroxyl groups excluding tert-OH is 2. The highest BCUT2D eigenvalue weighted by Crippen LogP contribution is 2.16. The Hall–Kier alpha value is -1.57. The van der Waals surface area contributed by atoms with E-state index < -0.39 is 16.8 Å². The number of non-ortho nitro benzene ring substituents is 1. The van der Waals surface area contributed by atoms with Crippen LogP contribution in [-0.4, -0.2) is 34.4 Å². The number of nitrogens with zero attached hydrogens (tertiary/aromatic N) is 1. The molecule has 0 radical (unpaired) electrons. The minimum absolute atomic E-state index is 0.129. The van der Waals surface area contributed by atoms with Crippen LogP contribution in [0.1, 0.15) is 5.56 Å². The van der Waals surface area contributed by atoms with E-state index in [-0.39, 0.29) is 25.4 Å². The summed E-state index contributed by atoms with van der Waals surface area (Å²) in [7, 11) is 0. The van der Waals surface area contributed by atoms with Crippen molar-refractivity contribution in [3.63, 3.8) is 0 Å². The fraction of sp³-hybridized carbons (Fsp3) is 0.400. The molecule has 0 atom stereocenters. The summed E-state index contributed by atoms with van der Waals surface area (Å²) in [5, 5.41) is 30.8. The molecule has 0 saturated heterocycles. The van der Waals surface area contributed by atoms with Gasteiger partial charge in [-0.15, -0.1) is 0 Å². The quantitative estimate of drug-likeness (QED) is 0.490. The van der Waals surface area contributed by atoms with E-state index >= 15 is 0 Å². The Morgan fingerprint density at radius 1 is 1.35 bits per heavy atom. The zero-order valence-electron chi connectivity index (χ0n) is 8.97. The van der Waals surface area contributed by atoms with Crippen molar-refractivity contribution in [3.8, 4) is 0 Å². The van der Waals surface area contributed by atoms with Gasteiger partial charge in [0.2, 0.25) is 0 Å². The second-order valence-corrected chi connectivity index (χ2v) is 3.52. The lowest BCUT2D eigenvalue weighted by atomic mass is 10.2. The average Bonchev–Trinajstić information content (AvgIpc) is 2.29. The molecule has 7 heteroatoms. The third-order valence-corrected chi connectivity index (χ3v) is 2.19. The normalized spacial score (nSPS) is 10.8. The summed E-state index contributed by atoms with van der Waals surface area (Å²) in [5.74, 6) is -0.694. The Balaban J connectivity index is 2.74. The van der Waals surface area contributed by atoms with Gasteiger partial charge in [-0.3, -0.25) is 10.1 Å². The predicted molar refractivity (Wildman–Crippen MR) is 57.9 cm³/mol. The molecule has 6 nitrogen and oxygen atoms in total. The number of nitrogens with one attached hydrogen (secondary N) is 1. The molecule has 0 unspecified atom stereocenters. The van der Waals surface area contributed by atoms with Gasteiger partial charge in [0, 0.05) is 12.6 Å². The molecule has 17 heavy (non-hydrogen) atoms. The number of aliphatic hydroxyl groups is 2. The van der Waals surface area contributed by atoms with Gasteiger partial charge in [-0.2, -0.15) is 0 Å². The highest BCUT2D eigenvalue weighted by molar-refractivity contribution is 5.35. The number of hydrogen-bond donors (Lipinski definition) is 3. The molecule has 1 rings (SSSR count). The molecule has 0 fully saturated rings. The van der Waals surface area contributed by atoms with Crippen molar-refractivity contribution >= 4 is 5.69 Å². The molecule has 94 valence electrons. The van der Waals surface area contributed by atoms with Gasteiger partial charge in [0.15, 0.2) is 0 Å². The minimum Gasteiger partial charge on any atom is -0.395 e. The highest BCUT2D eigenvalue weighted by Gasteiger charge is 2.11. The topological polar surface area (TPSA) is 95.6 Å². The zero-order chi connectivity index (χ0) is 12.8. The first-order chi connectivity index (χ1) is 8.06. The number of nitro groups is 1. The Bertz CT molecular complexity index is 396. The number of hydrogen-bond acceptors (Lipinski definition) is 5. The van der Waals surface area contributed by atoms with Crippen LogP contribution in [0.3, 0.4) is 0 Å². The van der Waals surface area contributed by atoms with Gasteiger partial charge in [-0.25, -0.2) is 4.39 Å². The van der Waals surface area contributed by atoms with Crippen LogP contribution in [0.15, 0.2) is 18.2 Å². The van der Waals surface area contributed by atoms with Crippen molar-refractivity contribution in [1.82, 2.24) is 5.32 Å². The molecule has 0 spiro atoms. The van der Waals surface area contributed by atoms with Gasteiger partial charge in [-0.1, -0.05) is 0 Å². The first-order valence-electron chi connectivity index (χ1n) is 4.95. The fourth-order valence-electron chi connectivity index (χ4n) is 1.29. The molecule has 0 saturated carbocycles.